The number of benzene rings is 2. The maximum absolute atomic E-state index is 13.7. The third kappa shape index (κ3) is 4.19. The summed E-state index contributed by atoms with van der Waals surface area (Å²) in [6, 6.07) is 9.30. The number of likely N-dealkylation sites (tertiary alicyclic amines) is 1. The Morgan fingerprint density at radius 2 is 1.93 bits per heavy atom. The SMILES string of the molecule is COc1cc(C)ccc1Oc1ccc(F)cc1NC(=O)[C@@H]1CC(=O)N(C)C1. The Hall–Kier alpha value is -3.09. The number of nitrogens with one attached hydrogen (secondary N) is 1. The third-order valence-electron chi connectivity index (χ3n) is 4.45. The van der Waals surface area contributed by atoms with Gasteiger partial charge in [0.2, 0.25) is 11.8 Å². The van der Waals surface area contributed by atoms with E-state index in [1.807, 2.05) is 19.1 Å². The van der Waals surface area contributed by atoms with Gasteiger partial charge in [0.1, 0.15) is 5.82 Å². The van der Waals surface area contributed by atoms with Crippen molar-refractivity contribution in [2.45, 2.75) is 13.3 Å². The summed E-state index contributed by atoms with van der Waals surface area (Å²) in [5, 5.41) is 2.68. The zero-order valence-corrected chi connectivity index (χ0v) is 15.4. The van der Waals surface area contributed by atoms with E-state index < -0.39 is 11.7 Å². The molecule has 1 fully saturated rings. The smallest absolute Gasteiger partial charge is 0.229 e. The number of methoxy groups -OCH3 is 1. The molecule has 0 bridgehead atoms. The number of hydrogen-bond acceptors (Lipinski definition) is 4. The van der Waals surface area contributed by atoms with Crippen LogP contribution in [0, 0.1) is 18.7 Å². The molecular weight excluding hydrogens is 351 g/mol. The Balaban J connectivity index is 1.83. The van der Waals surface area contributed by atoms with Gasteiger partial charge in [0, 0.05) is 26.1 Å². The number of halogens is 1. The summed E-state index contributed by atoms with van der Waals surface area (Å²) in [7, 11) is 3.18. The number of carbonyl (C=O) groups excluding carboxylic acids is 2. The van der Waals surface area contributed by atoms with Crippen LogP contribution in [-0.4, -0.2) is 37.4 Å². The number of nitrogens with zero attached hydrogens (tertiary/aromatic N) is 1. The van der Waals surface area contributed by atoms with Crippen LogP contribution in [0.2, 0.25) is 0 Å². The maximum atomic E-state index is 13.7. The molecule has 1 aliphatic rings. The molecule has 7 heteroatoms. The molecule has 1 saturated heterocycles. The molecule has 142 valence electrons. The van der Waals surface area contributed by atoms with Crippen LogP contribution in [0.15, 0.2) is 36.4 Å². The first kappa shape index (κ1) is 18.7. The van der Waals surface area contributed by atoms with Gasteiger partial charge in [-0.2, -0.15) is 0 Å². The van der Waals surface area contributed by atoms with E-state index in [1.165, 1.54) is 30.2 Å². The summed E-state index contributed by atoms with van der Waals surface area (Å²) >= 11 is 0. The number of carbonyl (C=O) groups is 2. The Bertz CT molecular complexity index is 884. The van der Waals surface area contributed by atoms with E-state index in [-0.39, 0.29) is 29.7 Å². The molecule has 1 N–H and O–H groups in total. The lowest BCUT2D eigenvalue weighted by atomic mass is 10.1. The van der Waals surface area contributed by atoms with Crippen LogP contribution < -0.4 is 14.8 Å². The van der Waals surface area contributed by atoms with Gasteiger partial charge < -0.3 is 19.7 Å². The average Bonchev–Trinajstić information content (AvgIpc) is 2.97. The van der Waals surface area contributed by atoms with Crippen LogP contribution in [0.3, 0.4) is 0 Å². The van der Waals surface area contributed by atoms with Gasteiger partial charge in [-0.15, -0.1) is 0 Å². The zero-order chi connectivity index (χ0) is 19.6. The largest absolute Gasteiger partial charge is 0.493 e. The van der Waals surface area contributed by atoms with E-state index in [4.69, 9.17) is 9.47 Å². The first-order chi connectivity index (χ1) is 12.9. The number of anilines is 1. The standard InChI is InChI=1S/C20H21FN2O4/c1-12-4-6-17(18(8-12)26-3)27-16-7-5-14(21)10-15(16)22-20(25)13-9-19(24)23(2)11-13/h4-8,10,13H,9,11H2,1-3H3,(H,22,25)/t13-/m1/s1. The lowest BCUT2D eigenvalue weighted by Crippen LogP contribution is -2.25. The van der Waals surface area contributed by atoms with E-state index >= 15 is 0 Å². The van der Waals surface area contributed by atoms with Crippen LogP contribution >= 0.6 is 0 Å². The van der Waals surface area contributed by atoms with E-state index in [0.29, 0.717) is 18.0 Å². The first-order valence-corrected chi connectivity index (χ1v) is 8.54. The van der Waals surface area contributed by atoms with E-state index in [0.717, 1.165) is 5.56 Å². The lowest BCUT2D eigenvalue weighted by molar-refractivity contribution is -0.127. The molecule has 0 unspecified atom stereocenters. The van der Waals surface area contributed by atoms with Gasteiger partial charge in [0.05, 0.1) is 18.7 Å². The van der Waals surface area contributed by atoms with Crippen molar-refractivity contribution in [3.63, 3.8) is 0 Å². The molecule has 1 heterocycles. The minimum absolute atomic E-state index is 0.0877. The highest BCUT2D eigenvalue weighted by molar-refractivity contribution is 5.98. The van der Waals surface area contributed by atoms with Crippen molar-refractivity contribution in [2.24, 2.45) is 5.92 Å². The molecule has 2 amide bonds. The van der Waals surface area contributed by atoms with Crippen LogP contribution in [0.4, 0.5) is 10.1 Å². The van der Waals surface area contributed by atoms with Crippen molar-refractivity contribution in [2.75, 3.05) is 26.0 Å². The highest BCUT2D eigenvalue weighted by atomic mass is 19.1. The second-order valence-corrected chi connectivity index (χ2v) is 6.56. The third-order valence-corrected chi connectivity index (χ3v) is 4.45. The second kappa shape index (κ2) is 7.65. The topological polar surface area (TPSA) is 67.9 Å². The summed E-state index contributed by atoms with van der Waals surface area (Å²) in [4.78, 5) is 25.7. The predicted octanol–water partition coefficient (Wildman–Crippen LogP) is 3.35. The molecule has 2 aromatic rings. The van der Waals surface area contributed by atoms with Crippen LogP contribution in [0.5, 0.6) is 17.2 Å². The number of ether oxygens (including phenoxy) is 2. The summed E-state index contributed by atoms with van der Waals surface area (Å²) in [5.41, 5.74) is 1.20. The van der Waals surface area contributed by atoms with Crippen LogP contribution in [0.1, 0.15) is 12.0 Å². The number of amides is 2. The van der Waals surface area contributed by atoms with Crippen molar-refractivity contribution in [1.82, 2.24) is 4.90 Å². The molecule has 2 aromatic carbocycles. The number of aryl methyl sites for hydroxylation is 1. The molecular formula is C20H21FN2O4. The minimum Gasteiger partial charge on any atom is -0.493 e. The molecule has 1 aliphatic heterocycles. The highest BCUT2D eigenvalue weighted by Crippen LogP contribution is 2.36. The van der Waals surface area contributed by atoms with Gasteiger partial charge in [0.25, 0.3) is 0 Å². The predicted molar refractivity (Wildman–Crippen MR) is 98.6 cm³/mol. The number of hydrogen-bond donors (Lipinski definition) is 1. The van der Waals surface area contributed by atoms with Gasteiger partial charge in [-0.3, -0.25) is 9.59 Å². The van der Waals surface area contributed by atoms with Gasteiger partial charge in [0.15, 0.2) is 17.2 Å². The fourth-order valence-corrected chi connectivity index (χ4v) is 2.94. The molecule has 1 atom stereocenters. The highest BCUT2D eigenvalue weighted by Gasteiger charge is 2.32. The van der Waals surface area contributed by atoms with Crippen molar-refractivity contribution >= 4 is 17.5 Å². The van der Waals surface area contributed by atoms with Crippen molar-refractivity contribution < 1.29 is 23.5 Å². The van der Waals surface area contributed by atoms with E-state index in [2.05, 4.69) is 5.32 Å². The second-order valence-electron chi connectivity index (χ2n) is 6.56. The quantitative estimate of drug-likeness (QED) is 0.874. The number of rotatable bonds is 5. The molecule has 0 spiro atoms. The van der Waals surface area contributed by atoms with Gasteiger partial charge in [-0.1, -0.05) is 6.07 Å². The van der Waals surface area contributed by atoms with Crippen LogP contribution in [0.25, 0.3) is 0 Å². The minimum atomic E-state index is -0.506. The van der Waals surface area contributed by atoms with Gasteiger partial charge >= 0.3 is 0 Å². The molecule has 3 rings (SSSR count). The monoisotopic (exact) mass is 372 g/mol. The zero-order valence-electron chi connectivity index (χ0n) is 15.4. The van der Waals surface area contributed by atoms with Crippen molar-refractivity contribution in [3.8, 4) is 17.2 Å². The van der Waals surface area contributed by atoms with E-state index in [9.17, 15) is 14.0 Å². The van der Waals surface area contributed by atoms with Crippen LogP contribution in [-0.2, 0) is 9.59 Å². The molecule has 27 heavy (non-hydrogen) atoms. The van der Waals surface area contributed by atoms with Crippen molar-refractivity contribution in [1.29, 1.82) is 0 Å². The molecule has 0 aromatic heterocycles. The fourth-order valence-electron chi connectivity index (χ4n) is 2.94. The molecule has 0 aliphatic carbocycles. The average molecular weight is 372 g/mol. The Labute approximate surface area is 156 Å². The lowest BCUT2D eigenvalue weighted by Gasteiger charge is -2.16. The normalized spacial score (nSPS) is 16.4. The van der Waals surface area contributed by atoms with Gasteiger partial charge in [-0.05, 0) is 36.8 Å². The van der Waals surface area contributed by atoms with E-state index in [1.54, 1.807) is 13.1 Å². The molecule has 6 nitrogen and oxygen atoms in total. The summed E-state index contributed by atoms with van der Waals surface area (Å²) in [6.07, 6.45) is 0.139. The Morgan fingerprint density at radius 1 is 1.19 bits per heavy atom. The van der Waals surface area contributed by atoms with Gasteiger partial charge in [-0.25, -0.2) is 4.39 Å². The summed E-state index contributed by atoms with van der Waals surface area (Å²) in [6.45, 7) is 2.26. The van der Waals surface area contributed by atoms with Crippen molar-refractivity contribution in [3.05, 3.63) is 47.8 Å². The fraction of sp³-hybridized carbons (Fsp3) is 0.300. The summed E-state index contributed by atoms with van der Waals surface area (Å²) in [5.74, 6) is -0.167. The molecule has 0 saturated carbocycles. The Morgan fingerprint density at radius 3 is 2.59 bits per heavy atom. The Kier molecular flexibility index (Phi) is 5.30. The molecule has 0 radical (unpaired) electrons. The maximum Gasteiger partial charge on any atom is 0.229 e. The first-order valence-electron chi connectivity index (χ1n) is 8.54. The summed E-state index contributed by atoms with van der Waals surface area (Å²) < 4.78 is 24.9.